The van der Waals surface area contributed by atoms with Crippen LogP contribution in [0.25, 0.3) is 0 Å². The number of hydrogen-bond donors (Lipinski definition) is 2. The average molecular weight is 368 g/mol. The van der Waals surface area contributed by atoms with Gasteiger partial charge in [0.15, 0.2) is 17.5 Å². The maximum atomic E-state index is 14.2. The number of hydrogen-bond acceptors (Lipinski definition) is 3. The molecule has 1 saturated carbocycles. The van der Waals surface area contributed by atoms with E-state index in [-0.39, 0.29) is 16.6 Å². The number of thioether (sulfide) groups is 1. The minimum atomic E-state index is -0.307. The first kappa shape index (κ1) is 19.9. The summed E-state index contributed by atoms with van der Waals surface area (Å²) in [7, 11) is 1.74. The molecule has 0 aliphatic heterocycles. The molecule has 25 heavy (non-hydrogen) atoms. The second kappa shape index (κ2) is 8.79. The van der Waals surface area contributed by atoms with Gasteiger partial charge in [0.1, 0.15) is 0 Å². The zero-order valence-electron chi connectivity index (χ0n) is 15.9. The number of guanidine groups is 1. The first-order valence-corrected chi connectivity index (χ1v) is 10.0. The van der Waals surface area contributed by atoms with Gasteiger partial charge in [-0.3, -0.25) is 4.99 Å². The first-order chi connectivity index (χ1) is 11.8. The third-order valence-electron chi connectivity index (χ3n) is 4.44. The Morgan fingerprint density at radius 2 is 2.16 bits per heavy atom. The molecular weight excluding hydrogens is 337 g/mol. The highest BCUT2D eigenvalue weighted by Crippen LogP contribution is 2.30. The van der Waals surface area contributed by atoms with Crippen molar-refractivity contribution in [3.05, 3.63) is 29.6 Å². The highest BCUT2D eigenvalue weighted by Gasteiger charge is 2.22. The summed E-state index contributed by atoms with van der Waals surface area (Å²) in [5.41, 5.74) is 0.864. The molecule has 1 aliphatic rings. The lowest BCUT2D eigenvalue weighted by atomic mass is 10.1. The molecule has 0 aromatic heterocycles. The molecule has 1 atom stereocenters. The van der Waals surface area contributed by atoms with E-state index in [1.165, 1.54) is 12.8 Å². The van der Waals surface area contributed by atoms with Crippen molar-refractivity contribution >= 4 is 17.7 Å². The zero-order chi connectivity index (χ0) is 18.4. The third-order valence-corrected chi connectivity index (χ3v) is 5.69. The number of aliphatic imine (C=N–C) groups is 1. The Labute approximate surface area is 155 Å². The summed E-state index contributed by atoms with van der Waals surface area (Å²) in [6.07, 6.45) is 4.48. The molecule has 140 valence electrons. The molecule has 0 amide bonds. The summed E-state index contributed by atoms with van der Waals surface area (Å²) >= 11 is 1.80. The first-order valence-electron chi connectivity index (χ1n) is 8.79. The molecule has 6 heteroatoms. The highest BCUT2D eigenvalue weighted by atomic mass is 32.2. The second-order valence-electron chi connectivity index (χ2n) is 7.20. The minimum absolute atomic E-state index is 0.0597. The van der Waals surface area contributed by atoms with Crippen molar-refractivity contribution in [3.8, 4) is 5.75 Å². The number of rotatable bonds is 8. The van der Waals surface area contributed by atoms with Crippen molar-refractivity contribution in [2.24, 2.45) is 10.9 Å². The largest absolute Gasteiger partial charge is 0.490 e. The molecular formula is C19H30FN3OS. The minimum Gasteiger partial charge on any atom is -0.490 e. The van der Waals surface area contributed by atoms with E-state index in [0.717, 1.165) is 12.1 Å². The third kappa shape index (κ3) is 6.42. The fourth-order valence-electron chi connectivity index (χ4n) is 2.25. The van der Waals surface area contributed by atoms with Crippen molar-refractivity contribution < 1.29 is 9.13 Å². The fourth-order valence-corrected chi connectivity index (χ4v) is 2.46. The number of benzene rings is 1. The van der Waals surface area contributed by atoms with Gasteiger partial charge in [0.2, 0.25) is 0 Å². The van der Waals surface area contributed by atoms with Gasteiger partial charge >= 0.3 is 0 Å². The molecule has 2 rings (SSSR count). The van der Waals surface area contributed by atoms with E-state index in [9.17, 15) is 4.39 Å². The topological polar surface area (TPSA) is 45.7 Å². The van der Waals surface area contributed by atoms with Crippen LogP contribution in [0.3, 0.4) is 0 Å². The molecule has 0 spiro atoms. The van der Waals surface area contributed by atoms with Crippen molar-refractivity contribution in [3.63, 3.8) is 0 Å². The van der Waals surface area contributed by atoms with E-state index in [1.54, 1.807) is 30.9 Å². The summed E-state index contributed by atoms with van der Waals surface area (Å²) in [6.45, 7) is 7.76. The lowest BCUT2D eigenvalue weighted by Gasteiger charge is -2.25. The predicted molar refractivity (Wildman–Crippen MR) is 105 cm³/mol. The van der Waals surface area contributed by atoms with Crippen LogP contribution in [-0.4, -0.2) is 37.2 Å². The van der Waals surface area contributed by atoms with Crippen molar-refractivity contribution in [1.29, 1.82) is 0 Å². The molecule has 4 nitrogen and oxygen atoms in total. The maximum absolute atomic E-state index is 14.2. The van der Waals surface area contributed by atoms with Gasteiger partial charge in [-0.1, -0.05) is 6.07 Å². The highest BCUT2D eigenvalue weighted by molar-refractivity contribution is 7.99. The van der Waals surface area contributed by atoms with E-state index >= 15 is 0 Å². The van der Waals surface area contributed by atoms with Crippen molar-refractivity contribution in [2.45, 2.75) is 44.4 Å². The van der Waals surface area contributed by atoms with E-state index in [2.05, 4.69) is 35.7 Å². The molecule has 1 unspecified atom stereocenters. The van der Waals surface area contributed by atoms with Crippen molar-refractivity contribution in [2.75, 3.05) is 26.5 Å². The monoisotopic (exact) mass is 367 g/mol. The van der Waals surface area contributed by atoms with E-state index < -0.39 is 0 Å². The van der Waals surface area contributed by atoms with Crippen LogP contribution in [0.5, 0.6) is 5.75 Å². The van der Waals surface area contributed by atoms with Gasteiger partial charge in [-0.05, 0) is 63.5 Å². The Balaban J connectivity index is 1.91. The van der Waals surface area contributed by atoms with Gasteiger partial charge < -0.3 is 15.4 Å². The SMILES string of the molecule is CN=C(NCC(C)(C)SC)NC(C)c1ccc(OCC2CC2)c(F)c1. The van der Waals surface area contributed by atoms with E-state index in [1.807, 2.05) is 13.0 Å². The number of ether oxygens (including phenoxy) is 1. The maximum Gasteiger partial charge on any atom is 0.191 e. The van der Waals surface area contributed by atoms with Crippen LogP contribution in [0.15, 0.2) is 23.2 Å². The van der Waals surface area contributed by atoms with Crippen LogP contribution < -0.4 is 15.4 Å². The molecule has 0 radical (unpaired) electrons. The fraction of sp³-hybridized carbons (Fsp3) is 0.632. The van der Waals surface area contributed by atoms with Gasteiger partial charge in [0, 0.05) is 18.3 Å². The molecule has 0 saturated heterocycles. The van der Waals surface area contributed by atoms with Gasteiger partial charge in [-0.25, -0.2) is 4.39 Å². The van der Waals surface area contributed by atoms with E-state index in [0.29, 0.717) is 24.2 Å². The van der Waals surface area contributed by atoms with E-state index in [4.69, 9.17) is 4.74 Å². The summed E-state index contributed by atoms with van der Waals surface area (Å²) in [4.78, 5) is 4.25. The Morgan fingerprint density at radius 3 is 2.72 bits per heavy atom. The van der Waals surface area contributed by atoms with Crippen LogP contribution >= 0.6 is 11.8 Å². The summed E-state index contributed by atoms with van der Waals surface area (Å²) in [5, 5.41) is 6.64. The Kier molecular flexibility index (Phi) is 6.99. The number of halogens is 1. The van der Waals surface area contributed by atoms with Gasteiger partial charge in [-0.15, -0.1) is 0 Å². The zero-order valence-corrected chi connectivity index (χ0v) is 16.7. The standard InChI is InChI=1S/C19H30FN3OS/c1-13(23-18(21-4)22-12-19(2,3)25-5)15-8-9-17(16(20)10-15)24-11-14-6-7-14/h8-10,13-14H,6-7,11-12H2,1-5H3,(H2,21,22,23). The van der Waals surface area contributed by atoms with Crippen LogP contribution in [0.2, 0.25) is 0 Å². The average Bonchev–Trinajstić information content (AvgIpc) is 3.41. The quantitative estimate of drug-likeness (QED) is 0.539. The Hall–Kier alpha value is -1.43. The number of nitrogens with zero attached hydrogens (tertiary/aromatic N) is 1. The van der Waals surface area contributed by atoms with Gasteiger partial charge in [0.25, 0.3) is 0 Å². The van der Waals surface area contributed by atoms with Crippen LogP contribution in [0.4, 0.5) is 4.39 Å². The van der Waals surface area contributed by atoms with Gasteiger partial charge in [0.05, 0.1) is 12.6 Å². The summed E-state index contributed by atoms with van der Waals surface area (Å²) < 4.78 is 19.9. The smallest absolute Gasteiger partial charge is 0.191 e. The summed E-state index contributed by atoms with van der Waals surface area (Å²) in [5.74, 6) is 1.36. The molecule has 0 heterocycles. The number of nitrogens with one attached hydrogen (secondary N) is 2. The van der Waals surface area contributed by atoms with Crippen LogP contribution in [0.1, 0.15) is 45.2 Å². The predicted octanol–water partition coefficient (Wildman–Crippen LogP) is 3.98. The lowest BCUT2D eigenvalue weighted by Crippen LogP contribution is -2.44. The molecule has 0 bridgehead atoms. The summed E-state index contributed by atoms with van der Waals surface area (Å²) in [6, 6.07) is 5.11. The van der Waals surface area contributed by atoms with Gasteiger partial charge in [-0.2, -0.15) is 11.8 Å². The molecule has 1 aliphatic carbocycles. The normalized spacial score (nSPS) is 16.5. The van der Waals surface area contributed by atoms with Crippen molar-refractivity contribution in [1.82, 2.24) is 10.6 Å². The molecule has 1 fully saturated rings. The Bertz CT molecular complexity index is 602. The molecule has 1 aromatic carbocycles. The Morgan fingerprint density at radius 1 is 1.44 bits per heavy atom. The van der Waals surface area contributed by atoms with Crippen LogP contribution in [0, 0.1) is 11.7 Å². The van der Waals surface area contributed by atoms with Crippen LogP contribution in [-0.2, 0) is 0 Å². The second-order valence-corrected chi connectivity index (χ2v) is 8.71. The lowest BCUT2D eigenvalue weighted by molar-refractivity contribution is 0.285. The molecule has 1 aromatic rings. The molecule has 2 N–H and O–H groups in total.